The summed E-state index contributed by atoms with van der Waals surface area (Å²) in [7, 11) is 2.07. The molecule has 0 amide bonds. The second-order valence-corrected chi connectivity index (χ2v) is 5.29. The summed E-state index contributed by atoms with van der Waals surface area (Å²) in [6.45, 7) is 8.48. The smallest absolute Gasteiger partial charge is 0.00952 e. The Morgan fingerprint density at radius 2 is 2.06 bits per heavy atom. The summed E-state index contributed by atoms with van der Waals surface area (Å²) in [4.78, 5) is 2.75. The highest BCUT2D eigenvalue weighted by Crippen LogP contribution is 2.23. The molecule has 1 heterocycles. The minimum atomic E-state index is 0.867. The van der Waals surface area contributed by atoms with Crippen LogP contribution in [0.4, 0.5) is 0 Å². The Bertz CT molecular complexity index is 170. The Morgan fingerprint density at radius 1 is 1.25 bits per heavy atom. The van der Waals surface area contributed by atoms with Crippen molar-refractivity contribution in [2.75, 3.05) is 26.7 Å². The summed E-state index contributed by atoms with van der Waals surface area (Å²) in [5.41, 5.74) is 0. The number of nitrogens with zero attached hydrogens (tertiary/aromatic N) is 1. The van der Waals surface area contributed by atoms with Crippen LogP contribution >= 0.6 is 0 Å². The lowest BCUT2D eigenvalue weighted by Gasteiger charge is -2.27. The highest BCUT2D eigenvalue weighted by molar-refractivity contribution is 4.82. The topological polar surface area (TPSA) is 15.3 Å². The molecule has 1 fully saturated rings. The van der Waals surface area contributed by atoms with Gasteiger partial charge in [0, 0.05) is 12.6 Å². The predicted octanol–water partition coefficient (Wildman–Crippen LogP) is 2.89. The standard InChI is InChI=1S/C14H30N2/c1-4-6-8-14(7-5-2)16-10-9-13(12-16)11-15-3/h13-15H,4-12H2,1-3H3. The Kier molecular flexibility index (Phi) is 7.06. The molecule has 2 atom stereocenters. The van der Waals surface area contributed by atoms with Crippen LogP contribution in [0.15, 0.2) is 0 Å². The van der Waals surface area contributed by atoms with Gasteiger partial charge in [-0.2, -0.15) is 0 Å². The van der Waals surface area contributed by atoms with Crippen molar-refractivity contribution in [3.05, 3.63) is 0 Å². The molecule has 16 heavy (non-hydrogen) atoms. The molecular weight excluding hydrogens is 196 g/mol. The maximum absolute atomic E-state index is 3.32. The third-order valence-electron chi connectivity index (χ3n) is 3.84. The third-order valence-corrected chi connectivity index (χ3v) is 3.84. The van der Waals surface area contributed by atoms with Crippen LogP contribution in [0, 0.1) is 5.92 Å². The van der Waals surface area contributed by atoms with Crippen molar-refractivity contribution < 1.29 is 0 Å². The Labute approximate surface area is 102 Å². The first-order valence-electron chi connectivity index (χ1n) is 7.20. The molecule has 0 bridgehead atoms. The van der Waals surface area contributed by atoms with Crippen LogP contribution in [0.2, 0.25) is 0 Å². The van der Waals surface area contributed by atoms with Gasteiger partial charge in [-0.15, -0.1) is 0 Å². The number of rotatable bonds is 8. The average molecular weight is 226 g/mol. The van der Waals surface area contributed by atoms with Crippen LogP contribution in [-0.2, 0) is 0 Å². The van der Waals surface area contributed by atoms with Crippen molar-refractivity contribution in [3.63, 3.8) is 0 Å². The fraction of sp³-hybridized carbons (Fsp3) is 1.00. The van der Waals surface area contributed by atoms with Crippen molar-refractivity contribution in [1.82, 2.24) is 10.2 Å². The quantitative estimate of drug-likeness (QED) is 0.684. The van der Waals surface area contributed by atoms with E-state index in [4.69, 9.17) is 0 Å². The van der Waals surface area contributed by atoms with Gasteiger partial charge in [-0.3, -0.25) is 0 Å². The van der Waals surface area contributed by atoms with E-state index in [1.165, 1.54) is 58.2 Å². The zero-order valence-corrected chi connectivity index (χ0v) is 11.5. The molecule has 0 aromatic rings. The molecule has 1 aliphatic heterocycles. The first-order valence-corrected chi connectivity index (χ1v) is 7.20. The fourth-order valence-electron chi connectivity index (χ4n) is 2.93. The molecule has 96 valence electrons. The van der Waals surface area contributed by atoms with Gasteiger partial charge in [-0.25, -0.2) is 0 Å². The van der Waals surface area contributed by atoms with Gasteiger partial charge in [-0.1, -0.05) is 33.1 Å². The van der Waals surface area contributed by atoms with Crippen molar-refractivity contribution >= 4 is 0 Å². The summed E-state index contributed by atoms with van der Waals surface area (Å²) in [6, 6.07) is 0.867. The molecule has 1 rings (SSSR count). The zero-order chi connectivity index (χ0) is 11.8. The van der Waals surface area contributed by atoms with E-state index in [0.717, 1.165) is 12.0 Å². The molecule has 0 aliphatic carbocycles. The number of nitrogens with one attached hydrogen (secondary N) is 1. The highest BCUT2D eigenvalue weighted by Gasteiger charge is 2.26. The van der Waals surface area contributed by atoms with E-state index in [-0.39, 0.29) is 0 Å². The molecule has 2 heteroatoms. The average Bonchev–Trinajstić information content (AvgIpc) is 2.73. The van der Waals surface area contributed by atoms with Crippen LogP contribution in [0.3, 0.4) is 0 Å². The highest BCUT2D eigenvalue weighted by atomic mass is 15.2. The minimum Gasteiger partial charge on any atom is -0.319 e. The minimum absolute atomic E-state index is 0.867. The lowest BCUT2D eigenvalue weighted by atomic mass is 10.0. The number of likely N-dealkylation sites (tertiary alicyclic amines) is 1. The molecule has 1 saturated heterocycles. The van der Waals surface area contributed by atoms with E-state index in [2.05, 4.69) is 31.1 Å². The summed E-state index contributed by atoms with van der Waals surface area (Å²) in [5, 5.41) is 3.32. The maximum Gasteiger partial charge on any atom is 0.00952 e. The third kappa shape index (κ3) is 4.42. The summed E-state index contributed by atoms with van der Waals surface area (Å²) >= 11 is 0. The van der Waals surface area contributed by atoms with Crippen molar-refractivity contribution in [2.45, 2.75) is 58.4 Å². The number of hydrogen-bond acceptors (Lipinski definition) is 2. The van der Waals surface area contributed by atoms with Crippen molar-refractivity contribution in [1.29, 1.82) is 0 Å². The van der Waals surface area contributed by atoms with E-state index in [9.17, 15) is 0 Å². The van der Waals surface area contributed by atoms with E-state index >= 15 is 0 Å². The van der Waals surface area contributed by atoms with Gasteiger partial charge in [0.15, 0.2) is 0 Å². The van der Waals surface area contributed by atoms with Gasteiger partial charge in [0.05, 0.1) is 0 Å². The van der Waals surface area contributed by atoms with Crippen LogP contribution in [0.5, 0.6) is 0 Å². The van der Waals surface area contributed by atoms with Crippen LogP contribution in [0.25, 0.3) is 0 Å². The molecule has 0 spiro atoms. The van der Waals surface area contributed by atoms with E-state index < -0.39 is 0 Å². The molecule has 2 unspecified atom stereocenters. The Balaban J connectivity index is 2.33. The van der Waals surface area contributed by atoms with Gasteiger partial charge in [0.25, 0.3) is 0 Å². The van der Waals surface area contributed by atoms with E-state index in [1.807, 2.05) is 0 Å². The lowest BCUT2D eigenvalue weighted by Crippen LogP contribution is -2.34. The van der Waals surface area contributed by atoms with Gasteiger partial charge >= 0.3 is 0 Å². The molecule has 0 saturated carbocycles. The first-order chi connectivity index (χ1) is 7.81. The zero-order valence-electron chi connectivity index (χ0n) is 11.5. The van der Waals surface area contributed by atoms with E-state index in [0.29, 0.717) is 0 Å². The van der Waals surface area contributed by atoms with Gasteiger partial charge < -0.3 is 10.2 Å². The van der Waals surface area contributed by atoms with Crippen LogP contribution in [-0.4, -0.2) is 37.6 Å². The molecule has 1 N–H and O–H groups in total. The Hall–Kier alpha value is -0.0800. The van der Waals surface area contributed by atoms with Crippen LogP contribution in [0.1, 0.15) is 52.4 Å². The van der Waals surface area contributed by atoms with Crippen molar-refractivity contribution in [2.24, 2.45) is 5.92 Å². The SMILES string of the molecule is CCCCC(CCC)N1CCC(CNC)C1. The predicted molar refractivity (Wildman–Crippen MR) is 71.8 cm³/mol. The molecule has 0 aromatic heterocycles. The largest absolute Gasteiger partial charge is 0.319 e. The van der Waals surface area contributed by atoms with Gasteiger partial charge in [0.1, 0.15) is 0 Å². The first kappa shape index (κ1) is 14.0. The summed E-state index contributed by atoms with van der Waals surface area (Å²) in [6.07, 6.45) is 8.28. The number of hydrogen-bond donors (Lipinski definition) is 1. The maximum atomic E-state index is 3.32. The Morgan fingerprint density at radius 3 is 2.69 bits per heavy atom. The van der Waals surface area contributed by atoms with Gasteiger partial charge in [-0.05, 0) is 45.3 Å². The van der Waals surface area contributed by atoms with E-state index in [1.54, 1.807) is 0 Å². The molecule has 0 aromatic carbocycles. The second kappa shape index (κ2) is 8.08. The lowest BCUT2D eigenvalue weighted by molar-refractivity contribution is 0.206. The molecular formula is C14H30N2. The normalized spacial score (nSPS) is 23.8. The second-order valence-electron chi connectivity index (χ2n) is 5.29. The van der Waals surface area contributed by atoms with Crippen molar-refractivity contribution in [3.8, 4) is 0 Å². The molecule has 1 aliphatic rings. The monoisotopic (exact) mass is 226 g/mol. The summed E-state index contributed by atoms with van der Waals surface area (Å²) < 4.78 is 0. The summed E-state index contributed by atoms with van der Waals surface area (Å²) in [5.74, 6) is 0.894. The molecule has 0 radical (unpaired) electrons. The van der Waals surface area contributed by atoms with Crippen LogP contribution < -0.4 is 5.32 Å². The fourth-order valence-corrected chi connectivity index (χ4v) is 2.93. The molecule has 2 nitrogen and oxygen atoms in total. The number of unbranched alkanes of at least 4 members (excludes halogenated alkanes) is 1. The van der Waals surface area contributed by atoms with Gasteiger partial charge in [0.2, 0.25) is 0 Å².